The van der Waals surface area contributed by atoms with Crippen molar-refractivity contribution in [2.24, 2.45) is 0 Å². The van der Waals surface area contributed by atoms with Crippen LogP contribution in [0.15, 0.2) is 54.1 Å². The van der Waals surface area contributed by atoms with Gasteiger partial charge in [-0.2, -0.15) is 5.01 Å². The number of quaternary nitrogens is 1. The number of ether oxygens (including phenoxy) is 1. The number of rotatable bonds is 0. The number of piperidine rings is 1. The zero-order valence-corrected chi connectivity index (χ0v) is 15.8. The first kappa shape index (κ1) is 15.7. The van der Waals surface area contributed by atoms with Crippen molar-refractivity contribution in [1.29, 1.82) is 0 Å². The third-order valence-electron chi connectivity index (χ3n) is 6.93. The smallest absolute Gasteiger partial charge is 0.191 e. The molecule has 0 amide bonds. The molecular formula is C23H26N3O+. The highest BCUT2D eigenvalue weighted by atomic mass is 16.5. The first-order valence-corrected chi connectivity index (χ1v) is 10.2. The normalized spacial score (nSPS) is 31.4. The van der Waals surface area contributed by atoms with Gasteiger partial charge in [0, 0.05) is 11.1 Å². The fraction of sp³-hybridized carbons (Fsp3) is 0.391. The second-order valence-corrected chi connectivity index (χ2v) is 8.48. The van der Waals surface area contributed by atoms with Gasteiger partial charge in [-0.05, 0) is 30.0 Å². The summed E-state index contributed by atoms with van der Waals surface area (Å²) in [7, 11) is 2.29. The second-order valence-electron chi connectivity index (χ2n) is 8.48. The summed E-state index contributed by atoms with van der Waals surface area (Å²) in [6, 6.07) is 17.8. The summed E-state index contributed by atoms with van der Waals surface area (Å²) in [5, 5.41) is 2.47. The van der Waals surface area contributed by atoms with E-state index in [2.05, 4.69) is 66.0 Å². The fourth-order valence-corrected chi connectivity index (χ4v) is 5.42. The molecule has 0 aromatic heterocycles. The largest absolute Gasteiger partial charge is 0.470 e. The molecule has 2 aromatic rings. The standard InChI is InChI=1S/C23H25N3O/c1-25-14-12-23(13-15-25)26-22(18-8-4-5-9-20(18)27-23)19-11-10-16-6-2-3-7-17(16)21(19)24-26/h2-9,22,24H,10-15H2,1H3/p+1/t22-/m0/s1. The van der Waals surface area contributed by atoms with Crippen molar-refractivity contribution in [3.8, 4) is 5.75 Å². The number of fused-ring (bicyclic) bond motifs is 7. The average molecular weight is 360 g/mol. The van der Waals surface area contributed by atoms with Crippen LogP contribution in [0.3, 0.4) is 0 Å². The number of hydrogen-bond acceptors (Lipinski definition) is 3. The molecule has 1 fully saturated rings. The molecule has 3 aliphatic heterocycles. The molecule has 1 saturated heterocycles. The van der Waals surface area contributed by atoms with E-state index in [-0.39, 0.29) is 11.8 Å². The maximum atomic E-state index is 6.74. The number of benzene rings is 2. The molecule has 4 nitrogen and oxygen atoms in total. The van der Waals surface area contributed by atoms with Gasteiger partial charge in [-0.25, -0.2) is 0 Å². The van der Waals surface area contributed by atoms with Crippen molar-refractivity contribution in [1.82, 2.24) is 10.4 Å². The molecule has 27 heavy (non-hydrogen) atoms. The summed E-state index contributed by atoms with van der Waals surface area (Å²) in [4.78, 5) is 1.60. The lowest BCUT2D eigenvalue weighted by atomic mass is 9.83. The van der Waals surface area contributed by atoms with Crippen LogP contribution < -0.4 is 15.1 Å². The third kappa shape index (κ3) is 2.17. The number of nitrogens with one attached hydrogen (secondary N) is 2. The summed E-state index contributed by atoms with van der Waals surface area (Å²) in [6.07, 6.45) is 4.36. The zero-order valence-electron chi connectivity index (χ0n) is 15.8. The van der Waals surface area contributed by atoms with Crippen LogP contribution in [0.4, 0.5) is 0 Å². The lowest BCUT2D eigenvalue weighted by molar-refractivity contribution is -0.888. The number of nitrogens with zero attached hydrogens (tertiary/aromatic N) is 1. The van der Waals surface area contributed by atoms with Crippen LogP contribution in [0.2, 0.25) is 0 Å². The van der Waals surface area contributed by atoms with E-state index >= 15 is 0 Å². The Morgan fingerprint density at radius 2 is 1.81 bits per heavy atom. The Kier molecular flexibility index (Phi) is 3.26. The van der Waals surface area contributed by atoms with Gasteiger partial charge in [-0.1, -0.05) is 42.5 Å². The minimum Gasteiger partial charge on any atom is -0.470 e. The van der Waals surface area contributed by atoms with E-state index in [0.717, 1.165) is 44.5 Å². The van der Waals surface area contributed by atoms with Crippen molar-refractivity contribution in [3.63, 3.8) is 0 Å². The van der Waals surface area contributed by atoms with Crippen LogP contribution in [0.5, 0.6) is 5.75 Å². The minimum absolute atomic E-state index is 0.245. The Morgan fingerprint density at radius 1 is 1.04 bits per heavy atom. The lowest BCUT2D eigenvalue weighted by Crippen LogP contribution is -3.11. The molecule has 1 aliphatic carbocycles. The van der Waals surface area contributed by atoms with E-state index in [1.54, 1.807) is 4.90 Å². The number of hydrogen-bond donors (Lipinski definition) is 2. The topological polar surface area (TPSA) is 28.9 Å². The van der Waals surface area contributed by atoms with Gasteiger partial charge in [0.15, 0.2) is 5.72 Å². The Hall–Kier alpha value is -2.30. The Labute approximate surface area is 160 Å². The van der Waals surface area contributed by atoms with Crippen LogP contribution in [-0.2, 0) is 6.42 Å². The van der Waals surface area contributed by atoms with E-state index in [4.69, 9.17) is 4.74 Å². The molecule has 4 heteroatoms. The first-order chi connectivity index (χ1) is 13.3. The third-order valence-corrected chi connectivity index (χ3v) is 6.93. The van der Waals surface area contributed by atoms with Crippen LogP contribution in [0.25, 0.3) is 5.70 Å². The van der Waals surface area contributed by atoms with E-state index in [9.17, 15) is 0 Å². The Balaban J connectivity index is 1.51. The Bertz CT molecular complexity index is 942. The molecule has 1 atom stereocenters. The van der Waals surface area contributed by atoms with Crippen molar-refractivity contribution >= 4 is 5.70 Å². The van der Waals surface area contributed by atoms with Crippen LogP contribution in [0, 0.1) is 0 Å². The molecule has 1 spiro atoms. The summed E-state index contributed by atoms with van der Waals surface area (Å²) in [5.41, 5.74) is 10.6. The van der Waals surface area contributed by atoms with Gasteiger partial charge >= 0.3 is 0 Å². The van der Waals surface area contributed by atoms with E-state index in [0.29, 0.717) is 0 Å². The molecule has 138 valence electrons. The van der Waals surface area contributed by atoms with Crippen molar-refractivity contribution in [2.45, 2.75) is 37.5 Å². The van der Waals surface area contributed by atoms with Crippen LogP contribution in [0.1, 0.15) is 42.0 Å². The average Bonchev–Trinajstić information content (AvgIpc) is 3.12. The molecule has 3 heterocycles. The number of aryl methyl sites for hydroxylation is 1. The van der Waals surface area contributed by atoms with Gasteiger partial charge in [0.1, 0.15) is 5.75 Å². The molecule has 4 aliphatic rings. The highest BCUT2D eigenvalue weighted by molar-refractivity contribution is 5.75. The zero-order chi connectivity index (χ0) is 18.0. The summed E-state index contributed by atoms with van der Waals surface area (Å²) >= 11 is 0. The van der Waals surface area contributed by atoms with E-state index in [1.165, 1.54) is 28.0 Å². The fourth-order valence-electron chi connectivity index (χ4n) is 5.42. The molecule has 2 aromatic carbocycles. The summed E-state index contributed by atoms with van der Waals surface area (Å²) in [5.74, 6) is 1.08. The molecule has 0 radical (unpaired) electrons. The van der Waals surface area contributed by atoms with Crippen molar-refractivity contribution < 1.29 is 9.64 Å². The maximum absolute atomic E-state index is 6.74. The first-order valence-electron chi connectivity index (χ1n) is 10.2. The Morgan fingerprint density at radius 3 is 2.70 bits per heavy atom. The van der Waals surface area contributed by atoms with Gasteiger partial charge in [0.2, 0.25) is 0 Å². The van der Waals surface area contributed by atoms with Gasteiger partial charge in [0.05, 0.1) is 44.7 Å². The molecule has 2 N–H and O–H groups in total. The number of likely N-dealkylation sites (tertiary alicyclic amines) is 1. The molecule has 0 saturated carbocycles. The van der Waals surface area contributed by atoms with Crippen molar-refractivity contribution in [2.75, 3.05) is 20.1 Å². The van der Waals surface area contributed by atoms with Crippen LogP contribution in [-0.4, -0.2) is 30.9 Å². The van der Waals surface area contributed by atoms with Gasteiger partial charge in [-0.15, -0.1) is 0 Å². The number of hydrazine groups is 1. The molecule has 6 rings (SSSR count). The quantitative estimate of drug-likeness (QED) is 0.755. The molecular weight excluding hydrogens is 334 g/mol. The summed E-state index contributed by atoms with van der Waals surface area (Å²) < 4.78 is 6.74. The predicted octanol–water partition coefficient (Wildman–Crippen LogP) is 2.30. The molecule has 0 bridgehead atoms. The van der Waals surface area contributed by atoms with E-state index < -0.39 is 0 Å². The predicted molar refractivity (Wildman–Crippen MR) is 105 cm³/mol. The maximum Gasteiger partial charge on any atom is 0.191 e. The van der Waals surface area contributed by atoms with E-state index in [1.807, 2.05) is 0 Å². The highest BCUT2D eigenvalue weighted by Crippen LogP contribution is 2.53. The SMILES string of the molecule is C[NH+]1CCC2(CC1)Oc1ccccc1[C@H]1C3=C(NN12)c1ccccc1CC3. The lowest BCUT2D eigenvalue weighted by Gasteiger charge is -2.50. The highest BCUT2D eigenvalue weighted by Gasteiger charge is 2.54. The monoisotopic (exact) mass is 360 g/mol. The second kappa shape index (κ2) is 5.60. The van der Waals surface area contributed by atoms with Gasteiger partial charge < -0.3 is 15.1 Å². The van der Waals surface area contributed by atoms with Gasteiger partial charge in [0.25, 0.3) is 0 Å². The minimum atomic E-state index is -0.245. The summed E-state index contributed by atoms with van der Waals surface area (Å²) in [6.45, 7) is 2.29. The van der Waals surface area contributed by atoms with Gasteiger partial charge in [-0.3, -0.25) is 0 Å². The van der Waals surface area contributed by atoms with Crippen molar-refractivity contribution in [3.05, 3.63) is 70.8 Å². The number of para-hydroxylation sites is 1. The molecule has 0 unspecified atom stereocenters. The van der Waals surface area contributed by atoms with Crippen LogP contribution >= 0.6 is 0 Å².